The van der Waals surface area contributed by atoms with Crippen LogP contribution in [0.5, 0.6) is 0 Å². The van der Waals surface area contributed by atoms with Crippen molar-refractivity contribution >= 4 is 22.4 Å². The van der Waals surface area contributed by atoms with Gasteiger partial charge in [-0.2, -0.15) is 0 Å². The fraction of sp³-hybridized carbons (Fsp3) is 0.0333. The lowest BCUT2D eigenvalue weighted by Crippen LogP contribution is -2.20. The Labute approximate surface area is 187 Å². The van der Waals surface area contributed by atoms with Gasteiger partial charge in [0.2, 0.25) is 0 Å². The Balaban J connectivity index is 1.51. The van der Waals surface area contributed by atoms with E-state index in [0.717, 1.165) is 27.6 Å². The van der Waals surface area contributed by atoms with E-state index in [4.69, 9.17) is 0 Å². The Morgan fingerprint density at radius 3 is 1.91 bits per heavy atom. The van der Waals surface area contributed by atoms with Crippen molar-refractivity contribution in [3.05, 3.63) is 115 Å². The summed E-state index contributed by atoms with van der Waals surface area (Å²) in [6, 6.07) is 38.0. The molecule has 152 valence electrons. The second kappa shape index (κ2) is 7.21. The lowest BCUT2D eigenvalue weighted by Gasteiger charge is -2.15. The number of amides is 1. The van der Waals surface area contributed by atoms with Crippen molar-refractivity contribution in [2.45, 2.75) is 0 Å². The van der Waals surface area contributed by atoms with Crippen LogP contribution >= 0.6 is 0 Å². The van der Waals surface area contributed by atoms with Gasteiger partial charge in [-0.1, -0.05) is 97.1 Å². The molecule has 0 radical (unpaired) electrons. The van der Waals surface area contributed by atoms with Gasteiger partial charge in [0, 0.05) is 18.0 Å². The summed E-state index contributed by atoms with van der Waals surface area (Å²) in [6.07, 6.45) is 0. The molecule has 0 saturated carbocycles. The lowest BCUT2D eigenvalue weighted by atomic mass is 9.90. The molecule has 0 fully saturated rings. The summed E-state index contributed by atoms with van der Waals surface area (Å²) in [7, 11) is 1.85. The summed E-state index contributed by atoms with van der Waals surface area (Å²) in [5.41, 5.74) is 8.87. The van der Waals surface area contributed by atoms with Crippen molar-refractivity contribution < 1.29 is 4.79 Å². The van der Waals surface area contributed by atoms with E-state index in [2.05, 4.69) is 91.0 Å². The molecule has 0 aromatic heterocycles. The first-order valence-corrected chi connectivity index (χ1v) is 10.8. The maximum atomic E-state index is 12.7. The standard InChI is InChI=1S/C30H21NO/c1-31-28-19-18-25(26-12-7-13-27(29(26)28)30(31)32)24-11-6-5-10-23(24)22-16-14-21(15-17-22)20-8-3-2-4-9-20/h2-19H,1H3. The third-order valence-electron chi connectivity index (χ3n) is 6.44. The van der Waals surface area contributed by atoms with Gasteiger partial charge >= 0.3 is 0 Å². The molecule has 0 spiro atoms. The predicted octanol–water partition coefficient (Wildman–Crippen LogP) is 7.43. The molecule has 0 N–H and O–H groups in total. The van der Waals surface area contributed by atoms with Crippen LogP contribution in [0.1, 0.15) is 10.4 Å². The largest absolute Gasteiger partial charge is 0.311 e. The molecule has 1 amide bonds. The Kier molecular flexibility index (Phi) is 4.19. The average Bonchev–Trinajstić information content (AvgIpc) is 3.11. The molecule has 5 aromatic carbocycles. The van der Waals surface area contributed by atoms with Crippen LogP contribution in [0.25, 0.3) is 44.2 Å². The second-order valence-electron chi connectivity index (χ2n) is 8.21. The minimum absolute atomic E-state index is 0.0625. The van der Waals surface area contributed by atoms with E-state index in [9.17, 15) is 4.79 Å². The molecule has 5 aromatic rings. The molecule has 6 rings (SSSR count). The van der Waals surface area contributed by atoms with Crippen LogP contribution in [0.15, 0.2) is 109 Å². The smallest absolute Gasteiger partial charge is 0.258 e. The number of carbonyl (C=O) groups excluding carboxylic acids is 1. The maximum absolute atomic E-state index is 12.7. The lowest BCUT2D eigenvalue weighted by molar-refractivity contribution is 0.0999. The summed E-state index contributed by atoms with van der Waals surface area (Å²) in [4.78, 5) is 14.4. The van der Waals surface area contributed by atoms with E-state index in [1.807, 2.05) is 25.2 Å². The molecule has 1 aliphatic rings. The highest BCUT2D eigenvalue weighted by atomic mass is 16.2. The Hall–Kier alpha value is -4.17. The molecule has 1 heterocycles. The van der Waals surface area contributed by atoms with Crippen molar-refractivity contribution in [3.63, 3.8) is 0 Å². The van der Waals surface area contributed by atoms with E-state index in [1.54, 1.807) is 4.90 Å². The SMILES string of the molecule is CN1C(=O)c2cccc3c(-c4ccccc4-c4ccc(-c5ccccc5)cc4)ccc1c23. The Morgan fingerprint density at radius 2 is 1.12 bits per heavy atom. The quantitative estimate of drug-likeness (QED) is 0.302. The zero-order valence-electron chi connectivity index (χ0n) is 17.7. The molecular formula is C30H21NO. The normalized spacial score (nSPS) is 12.5. The van der Waals surface area contributed by atoms with Crippen LogP contribution in [-0.4, -0.2) is 13.0 Å². The van der Waals surface area contributed by atoms with Gasteiger partial charge < -0.3 is 4.90 Å². The molecule has 2 nitrogen and oxygen atoms in total. The van der Waals surface area contributed by atoms with Crippen molar-refractivity contribution in [3.8, 4) is 33.4 Å². The fourth-order valence-electron chi connectivity index (χ4n) is 4.81. The van der Waals surface area contributed by atoms with Gasteiger partial charge in [0.25, 0.3) is 5.91 Å². The summed E-state index contributed by atoms with van der Waals surface area (Å²) < 4.78 is 0. The highest BCUT2D eigenvalue weighted by Crippen LogP contribution is 2.43. The maximum Gasteiger partial charge on any atom is 0.258 e. The minimum Gasteiger partial charge on any atom is -0.311 e. The van der Waals surface area contributed by atoms with Crippen LogP contribution in [-0.2, 0) is 0 Å². The zero-order valence-corrected chi connectivity index (χ0v) is 17.7. The molecule has 32 heavy (non-hydrogen) atoms. The van der Waals surface area contributed by atoms with Crippen LogP contribution < -0.4 is 4.90 Å². The number of anilines is 1. The van der Waals surface area contributed by atoms with Crippen LogP contribution in [0.3, 0.4) is 0 Å². The number of nitrogens with zero attached hydrogens (tertiary/aromatic N) is 1. The first-order valence-electron chi connectivity index (χ1n) is 10.8. The van der Waals surface area contributed by atoms with Crippen LogP contribution in [0.2, 0.25) is 0 Å². The highest BCUT2D eigenvalue weighted by molar-refractivity contribution is 6.26. The van der Waals surface area contributed by atoms with E-state index < -0.39 is 0 Å². The number of hydrogen-bond acceptors (Lipinski definition) is 1. The van der Waals surface area contributed by atoms with Gasteiger partial charge in [-0.15, -0.1) is 0 Å². The summed E-state index contributed by atoms with van der Waals surface area (Å²) in [5, 5.41) is 2.16. The summed E-state index contributed by atoms with van der Waals surface area (Å²) in [5.74, 6) is 0.0625. The van der Waals surface area contributed by atoms with Crippen molar-refractivity contribution in [1.82, 2.24) is 0 Å². The molecule has 2 heteroatoms. The van der Waals surface area contributed by atoms with Gasteiger partial charge in [-0.3, -0.25) is 4.79 Å². The molecule has 0 atom stereocenters. The number of benzene rings is 5. The summed E-state index contributed by atoms with van der Waals surface area (Å²) in [6.45, 7) is 0. The third kappa shape index (κ3) is 2.77. The van der Waals surface area contributed by atoms with Crippen LogP contribution in [0.4, 0.5) is 5.69 Å². The molecule has 0 saturated heterocycles. The molecular weight excluding hydrogens is 390 g/mol. The first kappa shape index (κ1) is 18.6. The first-order chi connectivity index (χ1) is 15.7. The number of carbonyl (C=O) groups is 1. The monoisotopic (exact) mass is 411 g/mol. The summed E-state index contributed by atoms with van der Waals surface area (Å²) >= 11 is 0. The topological polar surface area (TPSA) is 20.3 Å². The van der Waals surface area contributed by atoms with E-state index in [0.29, 0.717) is 0 Å². The molecule has 0 aliphatic carbocycles. The third-order valence-corrected chi connectivity index (χ3v) is 6.44. The average molecular weight is 412 g/mol. The van der Waals surface area contributed by atoms with E-state index >= 15 is 0 Å². The van der Waals surface area contributed by atoms with Crippen molar-refractivity contribution in [1.29, 1.82) is 0 Å². The van der Waals surface area contributed by atoms with Gasteiger partial charge in [0.1, 0.15) is 0 Å². The van der Waals surface area contributed by atoms with Crippen molar-refractivity contribution in [2.24, 2.45) is 0 Å². The molecule has 1 aliphatic heterocycles. The number of rotatable bonds is 3. The van der Waals surface area contributed by atoms with Gasteiger partial charge in [0.05, 0.1) is 5.69 Å². The van der Waals surface area contributed by atoms with E-state index in [1.165, 1.54) is 27.8 Å². The van der Waals surface area contributed by atoms with Gasteiger partial charge in [-0.05, 0) is 50.9 Å². The van der Waals surface area contributed by atoms with Crippen LogP contribution in [0, 0.1) is 0 Å². The minimum atomic E-state index is 0.0625. The number of hydrogen-bond donors (Lipinski definition) is 0. The van der Waals surface area contributed by atoms with E-state index in [-0.39, 0.29) is 5.91 Å². The predicted molar refractivity (Wildman–Crippen MR) is 133 cm³/mol. The van der Waals surface area contributed by atoms with Gasteiger partial charge in [-0.25, -0.2) is 0 Å². The Bertz CT molecular complexity index is 1480. The van der Waals surface area contributed by atoms with Crippen molar-refractivity contribution in [2.75, 3.05) is 11.9 Å². The Morgan fingerprint density at radius 1 is 0.500 bits per heavy atom. The second-order valence-corrected chi connectivity index (χ2v) is 8.21. The highest BCUT2D eigenvalue weighted by Gasteiger charge is 2.28. The molecule has 0 unspecified atom stereocenters. The fourth-order valence-corrected chi connectivity index (χ4v) is 4.81. The van der Waals surface area contributed by atoms with Gasteiger partial charge in [0.15, 0.2) is 0 Å². The molecule has 0 bridgehead atoms. The zero-order chi connectivity index (χ0) is 21.7.